The van der Waals surface area contributed by atoms with Crippen LogP contribution in [0.4, 0.5) is 18.0 Å². The predicted molar refractivity (Wildman–Crippen MR) is 213 cm³/mol. The minimum atomic E-state index is -5.10. The number of amides is 4. The zero-order chi connectivity index (χ0) is 44.3. The van der Waals surface area contributed by atoms with Gasteiger partial charge in [-0.05, 0) is 83.3 Å². The highest BCUT2D eigenvalue weighted by Crippen LogP contribution is 2.48. The standard InChI is InChI=1S/C41H55F3N6O9S/c1-22(2)31-34(46-29-18-26(58-8)13-14-28(29)45-31)59-27-19-30-33(51)47-40(36(53)48-60(56,57)39(7)15-16-39)20-25(40)12-10-9-11-23(3)17-24(4)32(35(52)49(30)21-27)50(37(54)55)38(5,6)41(42,43)44/h10,12-14,18,22-25,27,30,32H,9,11,15-17,19-21H2,1-8H3,(H,47,51)(H,48,53)(H,54,55)/t23-,24-,25-,27-,30+,32+,40-/m1/s1. The fourth-order valence-electron chi connectivity index (χ4n) is 8.36. The Morgan fingerprint density at radius 3 is 2.38 bits per heavy atom. The molecule has 60 heavy (non-hydrogen) atoms. The number of benzene rings is 1. The molecule has 0 spiro atoms. The third-order valence-electron chi connectivity index (χ3n) is 12.7. The number of allylic oxidation sites excluding steroid dienone is 1. The molecule has 1 aromatic carbocycles. The van der Waals surface area contributed by atoms with Crippen LogP contribution in [0.2, 0.25) is 0 Å². The molecule has 3 heterocycles. The van der Waals surface area contributed by atoms with Crippen molar-refractivity contribution in [3.8, 4) is 11.6 Å². The zero-order valence-corrected chi connectivity index (χ0v) is 35.9. The second-order valence-electron chi connectivity index (χ2n) is 18.0. The maximum absolute atomic E-state index is 15.1. The van der Waals surface area contributed by atoms with Crippen molar-refractivity contribution in [2.75, 3.05) is 13.7 Å². The van der Waals surface area contributed by atoms with E-state index in [0.29, 0.717) is 62.0 Å². The molecule has 3 fully saturated rings. The van der Waals surface area contributed by atoms with E-state index in [9.17, 15) is 41.1 Å². The van der Waals surface area contributed by atoms with Crippen molar-refractivity contribution >= 4 is 44.9 Å². The van der Waals surface area contributed by atoms with Gasteiger partial charge in [0.2, 0.25) is 27.7 Å². The van der Waals surface area contributed by atoms with Gasteiger partial charge in [-0.1, -0.05) is 39.8 Å². The molecule has 7 atom stereocenters. The van der Waals surface area contributed by atoms with Crippen molar-refractivity contribution in [1.82, 2.24) is 29.8 Å². The number of rotatable bonds is 9. The van der Waals surface area contributed by atoms with E-state index in [-0.39, 0.29) is 48.4 Å². The number of nitrogens with zero attached hydrogens (tertiary/aromatic N) is 4. The topological polar surface area (TPSA) is 197 Å². The first kappa shape index (κ1) is 44.9. The first-order valence-electron chi connectivity index (χ1n) is 20.3. The van der Waals surface area contributed by atoms with Gasteiger partial charge < -0.3 is 24.8 Å². The Labute approximate surface area is 347 Å². The number of sulfonamides is 1. The van der Waals surface area contributed by atoms with Gasteiger partial charge in [0.25, 0.3) is 5.91 Å². The van der Waals surface area contributed by atoms with Crippen molar-refractivity contribution in [1.29, 1.82) is 0 Å². The van der Waals surface area contributed by atoms with Crippen molar-refractivity contribution in [2.24, 2.45) is 17.8 Å². The lowest BCUT2D eigenvalue weighted by molar-refractivity contribution is -0.222. The number of alkyl halides is 3. The zero-order valence-electron chi connectivity index (χ0n) is 35.1. The molecule has 6 rings (SSSR count). The van der Waals surface area contributed by atoms with Gasteiger partial charge in [-0.15, -0.1) is 0 Å². The number of fused-ring (bicyclic) bond motifs is 3. The molecule has 3 N–H and O–H groups in total. The highest BCUT2D eigenvalue weighted by molar-refractivity contribution is 7.91. The lowest BCUT2D eigenvalue weighted by Gasteiger charge is -2.45. The monoisotopic (exact) mass is 864 g/mol. The molecule has 4 amide bonds. The van der Waals surface area contributed by atoms with Gasteiger partial charge in [-0.2, -0.15) is 13.2 Å². The number of ether oxygens (including phenoxy) is 2. The molecule has 0 radical (unpaired) electrons. The SMILES string of the molecule is COc1ccc2nc(C(C)C)c(O[C@@H]3C[C@H]4C(=O)N[C@]5(C(=O)NS(=O)(=O)C6(C)CC6)C[C@H]5C=CCC[C@@H](C)C[C@@H](C)[C@H](N(C(=O)O)C(C)(C)C(F)(F)F)C(=O)N4C3)nc2c1. The Balaban J connectivity index is 1.44. The molecule has 1 saturated heterocycles. The van der Waals surface area contributed by atoms with Gasteiger partial charge in [-0.25, -0.2) is 23.2 Å². The number of carboxylic acid groups (broad SMARTS) is 1. The van der Waals surface area contributed by atoms with Crippen LogP contribution in [0, 0.1) is 17.8 Å². The Kier molecular flexibility index (Phi) is 11.9. The van der Waals surface area contributed by atoms with Crippen LogP contribution < -0.4 is 19.5 Å². The van der Waals surface area contributed by atoms with E-state index in [2.05, 4.69) is 10.0 Å². The Morgan fingerprint density at radius 1 is 1.10 bits per heavy atom. The summed E-state index contributed by atoms with van der Waals surface area (Å²) < 4.78 is 83.6. The Hall–Kier alpha value is -4.68. The summed E-state index contributed by atoms with van der Waals surface area (Å²) in [4.78, 5) is 67.3. The van der Waals surface area contributed by atoms with Crippen LogP contribution in [0.1, 0.15) is 105 Å². The normalized spacial score (nSPS) is 28.5. The van der Waals surface area contributed by atoms with Crippen molar-refractivity contribution in [3.63, 3.8) is 0 Å². The number of halogens is 3. The van der Waals surface area contributed by atoms with E-state index in [1.165, 1.54) is 21.0 Å². The first-order valence-corrected chi connectivity index (χ1v) is 21.8. The number of hydrogen-bond acceptors (Lipinski definition) is 10. The largest absolute Gasteiger partial charge is 0.497 e. The molecule has 15 nitrogen and oxygen atoms in total. The summed E-state index contributed by atoms with van der Waals surface area (Å²) in [5.41, 5.74) is -3.36. The quantitative estimate of drug-likeness (QED) is 0.262. The number of carbonyl (C=O) groups is 4. The van der Waals surface area contributed by atoms with Gasteiger partial charge in [0.1, 0.15) is 40.7 Å². The fourth-order valence-corrected chi connectivity index (χ4v) is 9.68. The molecule has 2 aliphatic carbocycles. The lowest BCUT2D eigenvalue weighted by Crippen LogP contribution is -2.66. The van der Waals surface area contributed by atoms with E-state index in [0.717, 1.165) is 4.90 Å². The van der Waals surface area contributed by atoms with Crippen LogP contribution >= 0.6 is 0 Å². The molecule has 4 aliphatic rings. The third kappa shape index (κ3) is 8.46. The number of hydrogen-bond donors (Lipinski definition) is 3. The molecule has 0 unspecified atom stereocenters. The number of methoxy groups -OCH3 is 1. The van der Waals surface area contributed by atoms with Crippen LogP contribution in [0.5, 0.6) is 11.6 Å². The summed E-state index contributed by atoms with van der Waals surface area (Å²) >= 11 is 0. The second kappa shape index (κ2) is 16.0. The molecule has 1 aromatic heterocycles. The average Bonchev–Trinajstić information content (AvgIpc) is 4.03. The van der Waals surface area contributed by atoms with Crippen LogP contribution in [-0.2, 0) is 24.4 Å². The molecular formula is C41H55F3N6O9S. The fraction of sp³-hybridized carbons (Fsp3) is 0.659. The van der Waals surface area contributed by atoms with E-state index < -0.39 is 85.9 Å². The molecule has 2 aliphatic heterocycles. The third-order valence-corrected chi connectivity index (χ3v) is 14.8. The average molecular weight is 865 g/mol. The smallest absolute Gasteiger partial charge is 0.411 e. The maximum Gasteiger partial charge on any atom is 0.411 e. The van der Waals surface area contributed by atoms with Gasteiger partial charge in [-0.3, -0.25) is 24.0 Å². The lowest BCUT2D eigenvalue weighted by atomic mass is 9.85. The van der Waals surface area contributed by atoms with Crippen LogP contribution in [0.3, 0.4) is 0 Å². The van der Waals surface area contributed by atoms with Crippen LogP contribution in [-0.4, -0.2) is 111 Å². The maximum atomic E-state index is 15.1. The summed E-state index contributed by atoms with van der Waals surface area (Å²) in [5.74, 6) is -4.30. The molecule has 0 bridgehead atoms. The van der Waals surface area contributed by atoms with Gasteiger partial charge in [0.05, 0.1) is 29.4 Å². The van der Waals surface area contributed by atoms with Crippen LogP contribution in [0.15, 0.2) is 30.4 Å². The molecule has 19 heteroatoms. The molecule has 2 aromatic rings. The van der Waals surface area contributed by atoms with Gasteiger partial charge in [0, 0.05) is 24.3 Å². The summed E-state index contributed by atoms with van der Waals surface area (Å²) in [6, 6.07) is 1.70. The highest BCUT2D eigenvalue weighted by Gasteiger charge is 2.64. The highest BCUT2D eigenvalue weighted by atomic mass is 32.2. The predicted octanol–water partition coefficient (Wildman–Crippen LogP) is 5.69. The summed E-state index contributed by atoms with van der Waals surface area (Å²) in [7, 11) is -2.64. The minimum absolute atomic E-state index is 0.0452. The van der Waals surface area contributed by atoms with E-state index in [4.69, 9.17) is 19.4 Å². The van der Waals surface area contributed by atoms with Crippen molar-refractivity contribution < 1.29 is 55.3 Å². The van der Waals surface area contributed by atoms with Crippen molar-refractivity contribution in [3.05, 3.63) is 36.0 Å². The summed E-state index contributed by atoms with van der Waals surface area (Å²) in [5, 5.41) is 13.2. The van der Waals surface area contributed by atoms with Crippen LogP contribution in [0.25, 0.3) is 11.0 Å². The summed E-state index contributed by atoms with van der Waals surface area (Å²) in [6.45, 7) is 9.63. The van der Waals surface area contributed by atoms with E-state index in [1.54, 1.807) is 30.4 Å². The number of aromatic nitrogens is 2. The second-order valence-corrected chi connectivity index (χ2v) is 20.2. The molecule has 2 saturated carbocycles. The van der Waals surface area contributed by atoms with Gasteiger partial charge >= 0.3 is 12.3 Å². The van der Waals surface area contributed by atoms with Crippen molar-refractivity contribution in [2.45, 2.75) is 140 Å². The van der Waals surface area contributed by atoms with E-state index in [1.807, 2.05) is 20.8 Å². The van der Waals surface area contributed by atoms with E-state index >= 15 is 4.79 Å². The van der Waals surface area contributed by atoms with Gasteiger partial charge in [0.15, 0.2) is 0 Å². The Morgan fingerprint density at radius 2 is 1.78 bits per heavy atom. The summed E-state index contributed by atoms with van der Waals surface area (Å²) in [6.07, 6.45) is -2.93. The minimum Gasteiger partial charge on any atom is -0.497 e. The number of carbonyl (C=O) groups excluding carboxylic acids is 3. The molecular weight excluding hydrogens is 810 g/mol. The first-order chi connectivity index (χ1) is 27.9. The number of nitrogens with one attached hydrogen (secondary N) is 2. The Bertz CT molecular complexity index is 2180. The molecule has 330 valence electrons.